The molecule has 1 fully saturated rings. The van der Waals surface area contributed by atoms with Crippen molar-refractivity contribution in [1.29, 1.82) is 0 Å². The number of fused-ring (bicyclic) bond motifs is 1. The lowest BCUT2D eigenvalue weighted by atomic mass is 9.91. The molecule has 0 atom stereocenters. The molecule has 1 aliphatic rings. The Kier molecular flexibility index (Phi) is 7.20. The molecular formula is C24H30IN6O2. The fraction of sp³-hybridized carbons (Fsp3) is 0.458. The van der Waals surface area contributed by atoms with Gasteiger partial charge in [-0.2, -0.15) is 5.10 Å². The van der Waals surface area contributed by atoms with E-state index < -0.39 is 11.5 Å². The first-order valence-corrected chi connectivity index (χ1v) is 12.3. The topological polar surface area (TPSA) is 109 Å². The van der Waals surface area contributed by atoms with Gasteiger partial charge < -0.3 is 11.1 Å². The van der Waals surface area contributed by atoms with Crippen molar-refractivity contribution in [1.82, 2.24) is 20.1 Å². The summed E-state index contributed by atoms with van der Waals surface area (Å²) in [7, 11) is 0. The zero-order chi connectivity index (χ0) is 23.6. The number of hydrogen-bond donors (Lipinski definition) is 2. The van der Waals surface area contributed by atoms with Crippen molar-refractivity contribution in [2.75, 3.05) is 5.32 Å². The molecule has 2 aromatic heterocycles. The van der Waals surface area contributed by atoms with Crippen LogP contribution in [0.2, 0.25) is 0 Å². The van der Waals surface area contributed by atoms with Crippen LogP contribution < -0.4 is 16.5 Å². The highest BCUT2D eigenvalue weighted by molar-refractivity contribution is 14.1. The Hall–Kier alpha value is -2.24. The maximum absolute atomic E-state index is 12.5. The number of carbonyl (C=O) groups is 1. The second-order valence-corrected chi connectivity index (χ2v) is 10.6. The number of nitrogens with one attached hydrogen (secondary N) is 1. The largest absolute Gasteiger partial charge is 0.367 e. The Balaban J connectivity index is 1.51. The summed E-state index contributed by atoms with van der Waals surface area (Å²) in [5.74, 6) is 0.469. The first kappa shape index (κ1) is 23.9. The fourth-order valence-corrected chi connectivity index (χ4v) is 4.71. The zero-order valence-electron chi connectivity index (χ0n) is 19.2. The van der Waals surface area contributed by atoms with Gasteiger partial charge in [0, 0.05) is 39.3 Å². The molecule has 33 heavy (non-hydrogen) atoms. The SMILES string of the molecule is Cc1c(NC2CCC(N)CC2)nc2ccnn2c1CC(C)(C)O[N]C(=O)c1cccc(I)c1. The number of halogens is 1. The van der Waals surface area contributed by atoms with Crippen LogP contribution in [0.1, 0.15) is 61.1 Å². The van der Waals surface area contributed by atoms with E-state index in [0.29, 0.717) is 24.1 Å². The van der Waals surface area contributed by atoms with E-state index in [2.05, 4.69) is 38.5 Å². The van der Waals surface area contributed by atoms with E-state index in [1.54, 1.807) is 18.3 Å². The third-order valence-corrected chi connectivity index (χ3v) is 6.72. The first-order valence-electron chi connectivity index (χ1n) is 11.3. The lowest BCUT2D eigenvalue weighted by Crippen LogP contribution is -2.35. The van der Waals surface area contributed by atoms with Crippen molar-refractivity contribution in [2.24, 2.45) is 5.73 Å². The van der Waals surface area contributed by atoms with Crippen LogP contribution in [0.25, 0.3) is 5.65 Å². The monoisotopic (exact) mass is 561 g/mol. The molecule has 0 aliphatic heterocycles. The number of nitrogens with zero attached hydrogens (tertiary/aromatic N) is 4. The van der Waals surface area contributed by atoms with Crippen LogP contribution in [0.5, 0.6) is 0 Å². The molecule has 175 valence electrons. The predicted octanol–water partition coefficient (Wildman–Crippen LogP) is 4.02. The van der Waals surface area contributed by atoms with E-state index in [-0.39, 0.29) is 0 Å². The summed E-state index contributed by atoms with van der Waals surface area (Å²) >= 11 is 2.17. The Morgan fingerprint density at radius 3 is 2.79 bits per heavy atom. The highest BCUT2D eigenvalue weighted by atomic mass is 127. The third-order valence-electron chi connectivity index (χ3n) is 6.05. The number of carbonyl (C=O) groups excluding carboxylic acids is 1. The minimum absolute atomic E-state index is 0.300. The minimum Gasteiger partial charge on any atom is -0.367 e. The standard InChI is InChI=1S/C24H30IN6O2/c1-15-20(14-24(2,3)33-30-23(32)16-5-4-6-17(25)13-16)31-21(11-12-27-31)29-22(15)28-19-9-7-18(26)8-10-19/h4-6,11-13,18-19H,7-10,14,26H2,1-3H3,(H,28,29). The number of rotatable bonds is 7. The van der Waals surface area contributed by atoms with E-state index in [1.807, 2.05) is 43.5 Å². The summed E-state index contributed by atoms with van der Waals surface area (Å²) in [5.41, 5.74) is 12.5. The average molecular weight is 561 g/mol. The van der Waals surface area contributed by atoms with Gasteiger partial charge in [-0.05, 0) is 87.2 Å². The highest BCUT2D eigenvalue weighted by Gasteiger charge is 2.27. The first-order chi connectivity index (χ1) is 15.7. The van der Waals surface area contributed by atoms with Crippen LogP contribution in [0.15, 0.2) is 36.5 Å². The highest BCUT2D eigenvalue weighted by Crippen LogP contribution is 2.27. The lowest BCUT2D eigenvalue weighted by molar-refractivity contribution is -0.0756. The van der Waals surface area contributed by atoms with Crippen molar-refractivity contribution in [3.8, 4) is 0 Å². The minimum atomic E-state index is -0.725. The van der Waals surface area contributed by atoms with Crippen molar-refractivity contribution >= 4 is 40.0 Å². The van der Waals surface area contributed by atoms with Gasteiger partial charge in [-0.25, -0.2) is 14.3 Å². The summed E-state index contributed by atoms with van der Waals surface area (Å²) < 4.78 is 2.81. The fourth-order valence-electron chi connectivity index (χ4n) is 4.16. The molecule has 1 aliphatic carbocycles. The molecule has 1 saturated carbocycles. The van der Waals surface area contributed by atoms with Gasteiger partial charge in [-0.3, -0.25) is 4.79 Å². The van der Waals surface area contributed by atoms with E-state index >= 15 is 0 Å². The molecule has 1 amide bonds. The van der Waals surface area contributed by atoms with E-state index in [4.69, 9.17) is 15.6 Å². The van der Waals surface area contributed by atoms with E-state index in [9.17, 15) is 4.79 Å². The van der Waals surface area contributed by atoms with Crippen LogP contribution in [0.4, 0.5) is 5.82 Å². The Morgan fingerprint density at radius 1 is 1.30 bits per heavy atom. The molecule has 8 nitrogen and oxygen atoms in total. The Morgan fingerprint density at radius 2 is 2.06 bits per heavy atom. The molecule has 0 bridgehead atoms. The number of benzene rings is 1. The van der Waals surface area contributed by atoms with Crippen LogP contribution in [-0.4, -0.2) is 38.2 Å². The van der Waals surface area contributed by atoms with E-state index in [0.717, 1.165) is 52.0 Å². The summed E-state index contributed by atoms with van der Waals surface area (Å²) in [4.78, 5) is 23.0. The number of nitrogens with two attached hydrogens (primary N) is 1. The molecule has 0 spiro atoms. The molecule has 1 radical (unpaired) electrons. The smallest absolute Gasteiger partial charge is 0.300 e. The molecular weight excluding hydrogens is 531 g/mol. The van der Waals surface area contributed by atoms with Crippen LogP contribution in [0, 0.1) is 10.5 Å². The van der Waals surface area contributed by atoms with Gasteiger partial charge in [0.05, 0.1) is 17.5 Å². The predicted molar refractivity (Wildman–Crippen MR) is 136 cm³/mol. The molecule has 0 saturated heterocycles. The Bertz CT molecular complexity index is 1140. The van der Waals surface area contributed by atoms with Gasteiger partial charge in [0.25, 0.3) is 5.91 Å². The normalized spacial score (nSPS) is 18.9. The average Bonchev–Trinajstić information content (AvgIpc) is 3.25. The van der Waals surface area contributed by atoms with Crippen molar-refractivity contribution in [2.45, 2.75) is 70.6 Å². The summed E-state index contributed by atoms with van der Waals surface area (Å²) in [6.07, 6.45) is 6.37. The molecule has 1 aromatic carbocycles. The Labute approximate surface area is 207 Å². The van der Waals surface area contributed by atoms with E-state index in [1.165, 1.54) is 0 Å². The van der Waals surface area contributed by atoms with Crippen molar-refractivity contribution < 1.29 is 9.63 Å². The third kappa shape index (κ3) is 5.82. The lowest BCUT2D eigenvalue weighted by Gasteiger charge is -2.29. The molecule has 0 unspecified atom stereocenters. The van der Waals surface area contributed by atoms with Gasteiger partial charge in [-0.1, -0.05) is 11.5 Å². The summed E-state index contributed by atoms with van der Waals surface area (Å²) in [6.45, 7) is 5.89. The summed E-state index contributed by atoms with van der Waals surface area (Å²) in [6, 6.07) is 9.84. The molecule has 3 N–H and O–H groups in total. The summed E-state index contributed by atoms with van der Waals surface area (Å²) in [5, 5.41) is 8.10. The van der Waals surface area contributed by atoms with Gasteiger partial charge in [0.15, 0.2) is 5.65 Å². The maximum atomic E-state index is 12.5. The second-order valence-electron chi connectivity index (χ2n) is 9.32. The number of hydroxylamine groups is 1. The number of amides is 1. The van der Waals surface area contributed by atoms with Crippen molar-refractivity contribution in [3.05, 3.63) is 56.9 Å². The molecule has 4 rings (SSSR count). The maximum Gasteiger partial charge on any atom is 0.300 e. The van der Waals surface area contributed by atoms with Gasteiger partial charge >= 0.3 is 0 Å². The molecule has 3 aromatic rings. The molecule has 2 heterocycles. The van der Waals surface area contributed by atoms with Crippen LogP contribution >= 0.6 is 22.6 Å². The zero-order valence-corrected chi connectivity index (χ0v) is 21.4. The number of hydrogen-bond acceptors (Lipinski definition) is 6. The molecule has 9 heteroatoms. The van der Waals surface area contributed by atoms with Crippen molar-refractivity contribution in [3.63, 3.8) is 0 Å². The van der Waals surface area contributed by atoms with Gasteiger partial charge in [0.1, 0.15) is 5.82 Å². The number of anilines is 1. The second kappa shape index (κ2) is 9.94. The van der Waals surface area contributed by atoms with Crippen LogP contribution in [-0.2, 0) is 11.3 Å². The van der Waals surface area contributed by atoms with Gasteiger partial charge in [-0.15, -0.1) is 0 Å². The van der Waals surface area contributed by atoms with Gasteiger partial charge in [0.2, 0.25) is 0 Å². The quantitative estimate of drug-likeness (QED) is 0.333. The van der Waals surface area contributed by atoms with Crippen LogP contribution in [0.3, 0.4) is 0 Å². The number of aromatic nitrogens is 3.